The van der Waals surface area contributed by atoms with E-state index in [1.165, 1.54) is 5.56 Å². The lowest BCUT2D eigenvalue weighted by atomic mass is 10.0. The quantitative estimate of drug-likeness (QED) is 0.268. The predicted molar refractivity (Wildman–Crippen MR) is 156 cm³/mol. The van der Waals surface area contributed by atoms with Gasteiger partial charge < -0.3 is 9.84 Å². The minimum absolute atomic E-state index is 0.00110. The first-order valence-corrected chi connectivity index (χ1v) is 12.6. The highest BCUT2D eigenvalue weighted by molar-refractivity contribution is 5.87. The summed E-state index contributed by atoms with van der Waals surface area (Å²) in [5, 5.41) is 11.7. The second-order valence-electron chi connectivity index (χ2n) is 9.22. The van der Waals surface area contributed by atoms with Crippen molar-refractivity contribution >= 4 is 21.8 Å². The zero-order valence-electron chi connectivity index (χ0n) is 21.8. The SMILES string of the molecule is COc1cc2cccc(C)c2nc1-c1ccccc1.Cc1cccc2cc(CO)c(-c3ccccc3)nc12. The standard InChI is InChI=1S/2C17H15NO/c1-12-7-6-10-14-11-15(19-2)17(18-16(12)14)13-8-4-3-5-9-13;1-12-6-5-9-14-10-15(11-19)17(18-16(12)14)13-7-3-2-4-8-13/h3-11H,1-2H3;2-10,19H,11H2,1H3. The van der Waals surface area contributed by atoms with Crippen molar-refractivity contribution in [3.8, 4) is 28.3 Å². The summed E-state index contributed by atoms with van der Waals surface area (Å²) < 4.78 is 5.49. The summed E-state index contributed by atoms with van der Waals surface area (Å²) in [6, 6.07) is 36.5. The molecule has 4 nitrogen and oxygen atoms in total. The van der Waals surface area contributed by atoms with E-state index in [-0.39, 0.29) is 6.61 Å². The van der Waals surface area contributed by atoms with Crippen molar-refractivity contribution in [2.75, 3.05) is 7.11 Å². The lowest BCUT2D eigenvalue weighted by Crippen LogP contribution is -1.95. The minimum Gasteiger partial charge on any atom is -0.494 e. The zero-order chi connectivity index (χ0) is 26.5. The van der Waals surface area contributed by atoms with E-state index in [0.29, 0.717) is 0 Å². The van der Waals surface area contributed by atoms with E-state index in [2.05, 4.69) is 50.2 Å². The average Bonchev–Trinajstić information content (AvgIpc) is 2.97. The van der Waals surface area contributed by atoms with Crippen molar-refractivity contribution in [1.82, 2.24) is 9.97 Å². The van der Waals surface area contributed by atoms with Gasteiger partial charge >= 0.3 is 0 Å². The van der Waals surface area contributed by atoms with Gasteiger partial charge in [-0.3, -0.25) is 0 Å². The topological polar surface area (TPSA) is 55.2 Å². The van der Waals surface area contributed by atoms with Crippen molar-refractivity contribution in [3.63, 3.8) is 0 Å². The van der Waals surface area contributed by atoms with Crippen LogP contribution in [0.4, 0.5) is 0 Å². The summed E-state index contributed by atoms with van der Waals surface area (Å²) >= 11 is 0. The van der Waals surface area contributed by atoms with Gasteiger partial charge in [0.2, 0.25) is 0 Å². The van der Waals surface area contributed by atoms with Crippen LogP contribution in [0.15, 0.2) is 109 Å². The molecule has 0 spiro atoms. The highest BCUT2D eigenvalue weighted by atomic mass is 16.5. The molecule has 0 radical (unpaired) electrons. The van der Waals surface area contributed by atoms with Crippen LogP contribution in [0.1, 0.15) is 16.7 Å². The molecule has 188 valence electrons. The Morgan fingerprint density at radius 3 is 1.63 bits per heavy atom. The Bertz CT molecular complexity index is 1570. The van der Waals surface area contributed by atoms with Crippen molar-refractivity contribution in [2.24, 2.45) is 0 Å². The molecular formula is C34H30N2O2. The number of aryl methyl sites for hydroxylation is 2. The predicted octanol–water partition coefficient (Wildman–Crippen LogP) is 7.92. The first kappa shape index (κ1) is 25.1. The Morgan fingerprint density at radius 1 is 0.605 bits per heavy atom. The highest BCUT2D eigenvalue weighted by Crippen LogP contribution is 2.32. The summed E-state index contributed by atoms with van der Waals surface area (Å²) in [5.41, 5.74) is 9.09. The number of rotatable bonds is 4. The molecule has 0 atom stereocenters. The molecule has 0 fully saturated rings. The van der Waals surface area contributed by atoms with Gasteiger partial charge in [-0.05, 0) is 37.1 Å². The number of methoxy groups -OCH3 is 1. The molecule has 0 unspecified atom stereocenters. The van der Waals surface area contributed by atoms with Crippen molar-refractivity contribution in [3.05, 3.63) is 126 Å². The third-order valence-electron chi connectivity index (χ3n) is 6.62. The van der Waals surface area contributed by atoms with Crippen LogP contribution in [0.25, 0.3) is 44.3 Å². The maximum absolute atomic E-state index is 9.57. The smallest absolute Gasteiger partial charge is 0.145 e. The summed E-state index contributed by atoms with van der Waals surface area (Å²) in [6.45, 7) is 4.14. The third-order valence-corrected chi connectivity index (χ3v) is 6.62. The van der Waals surface area contributed by atoms with Crippen molar-refractivity contribution in [1.29, 1.82) is 0 Å². The summed E-state index contributed by atoms with van der Waals surface area (Å²) in [6.07, 6.45) is 0. The number of fused-ring (bicyclic) bond motifs is 2. The molecule has 1 N–H and O–H groups in total. The van der Waals surface area contributed by atoms with E-state index in [0.717, 1.165) is 61.2 Å². The second-order valence-corrected chi connectivity index (χ2v) is 9.22. The Hall–Kier alpha value is -4.54. The zero-order valence-corrected chi connectivity index (χ0v) is 21.8. The van der Waals surface area contributed by atoms with E-state index in [4.69, 9.17) is 14.7 Å². The fraction of sp³-hybridized carbons (Fsp3) is 0.118. The molecule has 0 aliphatic carbocycles. The van der Waals surface area contributed by atoms with E-state index < -0.39 is 0 Å². The summed E-state index contributed by atoms with van der Waals surface area (Å²) in [5.74, 6) is 0.810. The van der Waals surface area contributed by atoms with E-state index in [1.54, 1.807) is 7.11 Å². The largest absolute Gasteiger partial charge is 0.494 e. The van der Waals surface area contributed by atoms with Gasteiger partial charge in [-0.2, -0.15) is 0 Å². The van der Waals surface area contributed by atoms with Gasteiger partial charge in [0.05, 0.1) is 30.4 Å². The Kier molecular flexibility index (Phi) is 7.43. The molecule has 4 heteroatoms. The van der Waals surface area contributed by atoms with Crippen LogP contribution in [-0.4, -0.2) is 22.2 Å². The number of aliphatic hydroxyl groups excluding tert-OH is 1. The van der Waals surface area contributed by atoms with Crippen LogP contribution in [-0.2, 0) is 6.61 Å². The number of ether oxygens (including phenoxy) is 1. The van der Waals surface area contributed by atoms with Crippen LogP contribution < -0.4 is 4.74 Å². The average molecular weight is 499 g/mol. The number of hydrogen-bond acceptors (Lipinski definition) is 4. The number of aliphatic hydroxyl groups is 1. The highest BCUT2D eigenvalue weighted by Gasteiger charge is 2.11. The third kappa shape index (κ3) is 5.13. The van der Waals surface area contributed by atoms with E-state index in [1.807, 2.05) is 72.8 Å². The van der Waals surface area contributed by atoms with Gasteiger partial charge in [0.25, 0.3) is 0 Å². The van der Waals surface area contributed by atoms with Gasteiger partial charge in [0.1, 0.15) is 11.4 Å². The lowest BCUT2D eigenvalue weighted by Gasteiger charge is -2.10. The summed E-state index contributed by atoms with van der Waals surface area (Å²) in [7, 11) is 1.69. The number of hydrogen-bond donors (Lipinski definition) is 1. The molecule has 0 amide bonds. The maximum atomic E-state index is 9.57. The molecule has 6 aromatic rings. The Labute approximate surface area is 223 Å². The number of pyridine rings is 2. The maximum Gasteiger partial charge on any atom is 0.145 e. The molecule has 6 rings (SSSR count). The fourth-order valence-electron chi connectivity index (χ4n) is 4.64. The van der Waals surface area contributed by atoms with Crippen LogP contribution in [0.2, 0.25) is 0 Å². The first-order chi connectivity index (χ1) is 18.6. The van der Waals surface area contributed by atoms with Gasteiger partial charge in [-0.15, -0.1) is 0 Å². The molecule has 4 aromatic carbocycles. The van der Waals surface area contributed by atoms with Crippen molar-refractivity contribution in [2.45, 2.75) is 20.5 Å². The fourth-order valence-corrected chi connectivity index (χ4v) is 4.64. The normalized spacial score (nSPS) is 10.7. The van der Waals surface area contributed by atoms with Gasteiger partial charge in [0, 0.05) is 27.5 Å². The Morgan fingerprint density at radius 2 is 1.11 bits per heavy atom. The second kappa shape index (κ2) is 11.2. The molecule has 2 aromatic heterocycles. The van der Waals surface area contributed by atoms with Crippen molar-refractivity contribution < 1.29 is 9.84 Å². The molecule has 38 heavy (non-hydrogen) atoms. The Balaban J connectivity index is 0.000000155. The van der Waals surface area contributed by atoms with Gasteiger partial charge in [0.15, 0.2) is 0 Å². The number of nitrogens with zero attached hydrogens (tertiary/aromatic N) is 2. The molecule has 0 aliphatic heterocycles. The van der Waals surface area contributed by atoms with E-state index >= 15 is 0 Å². The monoisotopic (exact) mass is 498 g/mol. The van der Waals surface area contributed by atoms with Crippen LogP contribution in [0.3, 0.4) is 0 Å². The molecule has 0 saturated heterocycles. The lowest BCUT2D eigenvalue weighted by molar-refractivity contribution is 0.282. The minimum atomic E-state index is 0.00110. The number of benzene rings is 4. The molecule has 2 heterocycles. The molecule has 0 bridgehead atoms. The molecule has 0 aliphatic rings. The molecule has 0 saturated carbocycles. The van der Waals surface area contributed by atoms with Crippen LogP contribution >= 0.6 is 0 Å². The summed E-state index contributed by atoms with van der Waals surface area (Å²) in [4.78, 5) is 9.55. The van der Waals surface area contributed by atoms with Crippen LogP contribution in [0, 0.1) is 13.8 Å². The van der Waals surface area contributed by atoms with Gasteiger partial charge in [-0.25, -0.2) is 9.97 Å². The van der Waals surface area contributed by atoms with Crippen LogP contribution in [0.5, 0.6) is 5.75 Å². The molecular weight excluding hydrogens is 468 g/mol. The first-order valence-electron chi connectivity index (χ1n) is 12.6. The number of aromatic nitrogens is 2. The van der Waals surface area contributed by atoms with Gasteiger partial charge in [-0.1, -0.05) is 97.1 Å². The van der Waals surface area contributed by atoms with E-state index in [9.17, 15) is 5.11 Å². The number of para-hydroxylation sites is 2.